The largest absolute Gasteiger partial charge is 0.465 e. The zero-order valence-electron chi connectivity index (χ0n) is 9.85. The van der Waals surface area contributed by atoms with Crippen LogP contribution in [0.25, 0.3) is 0 Å². The molecule has 1 aliphatic carbocycles. The first kappa shape index (κ1) is 11.7. The monoisotopic (exact) mass is 229 g/mol. The van der Waals surface area contributed by atoms with Crippen LogP contribution in [0.5, 0.6) is 0 Å². The lowest BCUT2D eigenvalue weighted by atomic mass is 9.88. The van der Waals surface area contributed by atoms with Crippen LogP contribution in [0.3, 0.4) is 0 Å². The van der Waals surface area contributed by atoms with Crippen molar-refractivity contribution in [2.24, 2.45) is 5.92 Å². The van der Waals surface area contributed by atoms with Crippen LogP contribution in [0.2, 0.25) is 0 Å². The number of esters is 1. The van der Waals surface area contributed by atoms with Crippen LogP contribution in [0.1, 0.15) is 30.4 Å². The smallest absolute Gasteiger partial charge is 0.323 e. The van der Waals surface area contributed by atoms with E-state index in [-0.39, 0.29) is 5.92 Å². The van der Waals surface area contributed by atoms with Gasteiger partial charge in [0.05, 0.1) is 12.7 Å². The van der Waals surface area contributed by atoms with Gasteiger partial charge in [0.1, 0.15) is 0 Å². The maximum atomic E-state index is 11.7. The van der Waals surface area contributed by atoms with Crippen molar-refractivity contribution in [3.05, 3.63) is 35.4 Å². The van der Waals surface area contributed by atoms with Crippen molar-refractivity contribution in [3.8, 4) is 6.07 Å². The molecular formula is C14H15NO2. The van der Waals surface area contributed by atoms with Gasteiger partial charge < -0.3 is 4.74 Å². The minimum absolute atomic E-state index is 0.00440. The Kier molecular flexibility index (Phi) is 3.43. The molecule has 88 valence electrons. The number of nitrogens with zero attached hydrogens (tertiary/aromatic N) is 1. The molecule has 0 aromatic heterocycles. The number of fused-ring (bicyclic) bond motifs is 1. The van der Waals surface area contributed by atoms with Gasteiger partial charge in [-0.15, -0.1) is 0 Å². The molecule has 0 aliphatic heterocycles. The van der Waals surface area contributed by atoms with Crippen molar-refractivity contribution in [1.29, 1.82) is 5.26 Å². The lowest BCUT2D eigenvalue weighted by Gasteiger charge is -2.16. The SMILES string of the molecule is CCOC(=O)[C@@H](C#N)[C@@H]1CCc2ccccc21. The molecule has 3 nitrogen and oxygen atoms in total. The first-order valence-corrected chi connectivity index (χ1v) is 5.92. The van der Waals surface area contributed by atoms with E-state index in [2.05, 4.69) is 12.1 Å². The molecule has 0 saturated heterocycles. The van der Waals surface area contributed by atoms with Gasteiger partial charge in [-0.3, -0.25) is 4.79 Å². The van der Waals surface area contributed by atoms with Crippen molar-refractivity contribution in [2.75, 3.05) is 6.61 Å². The summed E-state index contributed by atoms with van der Waals surface area (Å²) in [6, 6.07) is 10.1. The van der Waals surface area contributed by atoms with Crippen LogP contribution < -0.4 is 0 Å². The zero-order chi connectivity index (χ0) is 12.3. The molecule has 1 aromatic rings. The summed E-state index contributed by atoms with van der Waals surface area (Å²) >= 11 is 0. The highest BCUT2D eigenvalue weighted by Gasteiger charge is 2.35. The Balaban J connectivity index is 2.24. The lowest BCUT2D eigenvalue weighted by Crippen LogP contribution is -2.22. The van der Waals surface area contributed by atoms with E-state index in [4.69, 9.17) is 10.00 Å². The number of nitriles is 1. The van der Waals surface area contributed by atoms with E-state index in [0.29, 0.717) is 6.61 Å². The highest BCUT2D eigenvalue weighted by Crippen LogP contribution is 2.38. The number of rotatable bonds is 3. The second-order valence-corrected chi connectivity index (χ2v) is 4.20. The van der Waals surface area contributed by atoms with Crippen molar-refractivity contribution >= 4 is 5.97 Å². The van der Waals surface area contributed by atoms with Gasteiger partial charge in [-0.2, -0.15) is 5.26 Å². The number of carbonyl (C=O) groups is 1. The molecule has 0 radical (unpaired) electrons. The predicted octanol–water partition coefficient (Wildman–Crippen LogP) is 2.42. The van der Waals surface area contributed by atoms with E-state index < -0.39 is 11.9 Å². The third kappa shape index (κ3) is 2.16. The summed E-state index contributed by atoms with van der Waals surface area (Å²) in [5, 5.41) is 9.16. The van der Waals surface area contributed by atoms with Gasteiger partial charge in [0.15, 0.2) is 5.92 Å². The minimum atomic E-state index is -0.668. The summed E-state index contributed by atoms with van der Waals surface area (Å²) in [6.07, 6.45) is 1.80. The fraction of sp³-hybridized carbons (Fsp3) is 0.429. The highest BCUT2D eigenvalue weighted by molar-refractivity contribution is 5.77. The molecule has 2 rings (SSSR count). The molecular weight excluding hydrogens is 214 g/mol. The van der Waals surface area contributed by atoms with E-state index in [1.54, 1.807) is 6.92 Å². The van der Waals surface area contributed by atoms with Gasteiger partial charge in [-0.05, 0) is 30.9 Å². The maximum Gasteiger partial charge on any atom is 0.323 e. The molecule has 0 unspecified atom stereocenters. The summed E-state index contributed by atoms with van der Waals surface area (Å²) in [4.78, 5) is 11.7. The molecule has 0 saturated carbocycles. The van der Waals surface area contributed by atoms with Gasteiger partial charge in [-0.25, -0.2) is 0 Å². The summed E-state index contributed by atoms with van der Waals surface area (Å²) in [5.74, 6) is -1.06. The van der Waals surface area contributed by atoms with Gasteiger partial charge in [0.25, 0.3) is 0 Å². The molecule has 0 spiro atoms. The molecule has 17 heavy (non-hydrogen) atoms. The molecule has 0 amide bonds. The summed E-state index contributed by atoms with van der Waals surface area (Å²) < 4.78 is 4.96. The summed E-state index contributed by atoms with van der Waals surface area (Å²) in [7, 11) is 0. The third-order valence-electron chi connectivity index (χ3n) is 3.26. The number of hydrogen-bond donors (Lipinski definition) is 0. The normalized spacial score (nSPS) is 19.2. The van der Waals surface area contributed by atoms with Gasteiger partial charge >= 0.3 is 5.97 Å². The Morgan fingerprint density at radius 3 is 3.06 bits per heavy atom. The average molecular weight is 229 g/mol. The Hall–Kier alpha value is -1.82. The topological polar surface area (TPSA) is 50.1 Å². The molecule has 0 N–H and O–H groups in total. The Bertz CT molecular complexity index is 462. The quantitative estimate of drug-likeness (QED) is 0.748. The number of benzene rings is 1. The molecule has 1 aliphatic rings. The Morgan fingerprint density at radius 2 is 2.35 bits per heavy atom. The van der Waals surface area contributed by atoms with Crippen LogP contribution in [-0.2, 0) is 16.0 Å². The fourth-order valence-electron chi connectivity index (χ4n) is 2.48. The average Bonchev–Trinajstić information content (AvgIpc) is 2.75. The molecule has 0 bridgehead atoms. The number of ether oxygens (including phenoxy) is 1. The maximum absolute atomic E-state index is 11.7. The van der Waals surface area contributed by atoms with Crippen LogP contribution in [0.15, 0.2) is 24.3 Å². The lowest BCUT2D eigenvalue weighted by molar-refractivity contribution is -0.146. The predicted molar refractivity (Wildman–Crippen MR) is 63.2 cm³/mol. The van der Waals surface area contributed by atoms with E-state index in [1.165, 1.54) is 5.56 Å². The minimum Gasteiger partial charge on any atom is -0.465 e. The number of aryl methyl sites for hydroxylation is 1. The first-order valence-electron chi connectivity index (χ1n) is 5.92. The number of hydrogen-bond acceptors (Lipinski definition) is 3. The molecule has 3 heteroatoms. The van der Waals surface area contributed by atoms with Crippen LogP contribution >= 0.6 is 0 Å². The molecule has 2 atom stereocenters. The fourth-order valence-corrected chi connectivity index (χ4v) is 2.48. The summed E-state index contributed by atoms with van der Waals surface area (Å²) in [6.45, 7) is 2.08. The zero-order valence-corrected chi connectivity index (χ0v) is 9.85. The van der Waals surface area contributed by atoms with Crippen molar-refractivity contribution in [2.45, 2.75) is 25.7 Å². The third-order valence-corrected chi connectivity index (χ3v) is 3.26. The second-order valence-electron chi connectivity index (χ2n) is 4.20. The van der Waals surface area contributed by atoms with E-state index in [1.807, 2.05) is 18.2 Å². The van der Waals surface area contributed by atoms with Gasteiger partial charge in [-0.1, -0.05) is 24.3 Å². The van der Waals surface area contributed by atoms with Crippen molar-refractivity contribution in [3.63, 3.8) is 0 Å². The van der Waals surface area contributed by atoms with Crippen LogP contribution in [0.4, 0.5) is 0 Å². The van der Waals surface area contributed by atoms with E-state index in [9.17, 15) is 4.79 Å². The molecule has 0 heterocycles. The first-order chi connectivity index (χ1) is 8.27. The standard InChI is InChI=1S/C14H15NO2/c1-2-17-14(16)13(9-15)12-8-7-10-5-3-4-6-11(10)12/h3-6,12-13H,2,7-8H2,1H3/t12-,13+/m1/s1. The van der Waals surface area contributed by atoms with Crippen LogP contribution in [-0.4, -0.2) is 12.6 Å². The van der Waals surface area contributed by atoms with Gasteiger partial charge in [0, 0.05) is 5.92 Å². The second kappa shape index (κ2) is 5.01. The Labute approximate surface area is 101 Å². The van der Waals surface area contributed by atoms with E-state index in [0.717, 1.165) is 18.4 Å². The molecule has 1 aromatic carbocycles. The van der Waals surface area contributed by atoms with Gasteiger partial charge in [0.2, 0.25) is 0 Å². The highest BCUT2D eigenvalue weighted by atomic mass is 16.5. The Morgan fingerprint density at radius 1 is 1.59 bits per heavy atom. The molecule has 0 fully saturated rings. The van der Waals surface area contributed by atoms with E-state index >= 15 is 0 Å². The summed E-state index contributed by atoms with van der Waals surface area (Å²) in [5.41, 5.74) is 2.38. The van der Waals surface area contributed by atoms with Crippen molar-refractivity contribution < 1.29 is 9.53 Å². The van der Waals surface area contributed by atoms with Crippen molar-refractivity contribution in [1.82, 2.24) is 0 Å². The number of carbonyl (C=O) groups excluding carboxylic acids is 1. The van der Waals surface area contributed by atoms with Crippen LogP contribution in [0, 0.1) is 17.2 Å².